The van der Waals surface area contributed by atoms with E-state index in [0.29, 0.717) is 10.9 Å². The fourth-order valence-corrected chi connectivity index (χ4v) is 1.20. The number of pyridine rings is 1. The zero-order valence-electron chi connectivity index (χ0n) is 6.30. The molecule has 2 heterocycles. The Balaban J connectivity index is 3.03. The van der Waals surface area contributed by atoms with Crippen LogP contribution in [0.4, 0.5) is 0 Å². The highest BCUT2D eigenvalue weighted by atomic mass is 35.5. The second-order valence-corrected chi connectivity index (χ2v) is 2.85. The lowest BCUT2D eigenvalue weighted by Crippen LogP contribution is -2.21. The number of H-pyrrole nitrogens is 2. The van der Waals surface area contributed by atoms with Crippen LogP contribution in [-0.2, 0) is 0 Å². The molecule has 2 rings (SSSR count). The molecule has 66 valence electrons. The Morgan fingerprint density at radius 2 is 2.08 bits per heavy atom. The van der Waals surface area contributed by atoms with E-state index in [-0.39, 0.29) is 5.15 Å². The van der Waals surface area contributed by atoms with Gasteiger partial charge in [-0.2, -0.15) is 0 Å². The summed E-state index contributed by atoms with van der Waals surface area (Å²) in [5, 5.41) is 0.540. The van der Waals surface area contributed by atoms with Gasteiger partial charge in [-0.3, -0.25) is 9.78 Å². The number of nitrogens with zero attached hydrogens (tertiary/aromatic N) is 1. The average molecular weight is 198 g/mol. The molecule has 6 heteroatoms. The number of aromatic amines is 2. The highest BCUT2D eigenvalue weighted by Crippen LogP contribution is 2.08. The topological polar surface area (TPSA) is 78.6 Å². The van der Waals surface area contributed by atoms with Gasteiger partial charge in [-0.15, -0.1) is 0 Å². The van der Waals surface area contributed by atoms with Crippen molar-refractivity contribution in [3.05, 3.63) is 38.3 Å². The van der Waals surface area contributed by atoms with Gasteiger partial charge in [0.05, 0.1) is 10.9 Å². The van der Waals surface area contributed by atoms with Gasteiger partial charge >= 0.3 is 5.69 Å². The van der Waals surface area contributed by atoms with E-state index in [9.17, 15) is 9.59 Å². The van der Waals surface area contributed by atoms with Gasteiger partial charge in [-0.25, -0.2) is 9.78 Å². The van der Waals surface area contributed by atoms with Crippen LogP contribution in [0.15, 0.2) is 21.9 Å². The maximum Gasteiger partial charge on any atom is 0.326 e. The number of halogens is 1. The van der Waals surface area contributed by atoms with Crippen LogP contribution < -0.4 is 11.2 Å². The Hall–Kier alpha value is -1.62. The van der Waals surface area contributed by atoms with Crippen LogP contribution in [-0.4, -0.2) is 15.0 Å². The highest BCUT2D eigenvalue weighted by Gasteiger charge is 2.00. The predicted molar refractivity (Wildman–Crippen MR) is 48.0 cm³/mol. The average Bonchev–Trinajstić information content (AvgIpc) is 2.02. The maximum atomic E-state index is 11.2. The van der Waals surface area contributed by atoms with E-state index in [4.69, 9.17) is 11.6 Å². The van der Waals surface area contributed by atoms with Crippen LogP contribution in [0, 0.1) is 0 Å². The molecule has 2 N–H and O–H groups in total. The Labute approximate surface area is 76.4 Å². The van der Waals surface area contributed by atoms with Gasteiger partial charge in [0.25, 0.3) is 5.56 Å². The molecule has 5 nitrogen and oxygen atoms in total. The van der Waals surface area contributed by atoms with E-state index >= 15 is 0 Å². The summed E-state index contributed by atoms with van der Waals surface area (Å²) in [5.74, 6) is 0. The first-order valence-corrected chi connectivity index (χ1v) is 3.82. The van der Waals surface area contributed by atoms with Crippen LogP contribution in [0.25, 0.3) is 10.9 Å². The molecule has 2 aromatic rings. The number of fused-ring (bicyclic) bond motifs is 1. The molecular formula is C7H4ClN3O2. The molecule has 0 fully saturated rings. The number of hydrogen-bond donors (Lipinski definition) is 2. The Morgan fingerprint density at radius 3 is 2.85 bits per heavy atom. The highest BCUT2D eigenvalue weighted by molar-refractivity contribution is 6.29. The van der Waals surface area contributed by atoms with Gasteiger partial charge in [-0.1, -0.05) is 11.6 Å². The summed E-state index contributed by atoms with van der Waals surface area (Å²) >= 11 is 5.58. The van der Waals surface area contributed by atoms with E-state index in [2.05, 4.69) is 15.0 Å². The maximum absolute atomic E-state index is 11.2. The van der Waals surface area contributed by atoms with Crippen molar-refractivity contribution < 1.29 is 0 Å². The third-order valence-electron chi connectivity index (χ3n) is 1.59. The van der Waals surface area contributed by atoms with Gasteiger partial charge in [0, 0.05) is 6.20 Å². The van der Waals surface area contributed by atoms with E-state index in [1.807, 2.05) is 0 Å². The fraction of sp³-hybridized carbons (Fsp3) is 0. The molecule has 0 bridgehead atoms. The molecule has 0 amide bonds. The van der Waals surface area contributed by atoms with Crippen LogP contribution in [0.3, 0.4) is 0 Å². The SMILES string of the molecule is O=c1[nH]c(=O)c2cnc(Cl)cc2[nH]1. The second kappa shape index (κ2) is 2.70. The third kappa shape index (κ3) is 1.33. The monoisotopic (exact) mass is 197 g/mol. The van der Waals surface area contributed by atoms with Crippen LogP contribution >= 0.6 is 11.6 Å². The van der Waals surface area contributed by atoms with Crippen molar-refractivity contribution in [3.8, 4) is 0 Å². The quantitative estimate of drug-likeness (QED) is 0.595. The first kappa shape index (κ1) is 8.00. The Kier molecular flexibility index (Phi) is 1.66. The number of nitrogens with one attached hydrogen (secondary N) is 2. The summed E-state index contributed by atoms with van der Waals surface area (Å²) < 4.78 is 0. The lowest BCUT2D eigenvalue weighted by atomic mass is 10.3. The Morgan fingerprint density at radius 1 is 1.31 bits per heavy atom. The molecule has 0 aliphatic carbocycles. The van der Waals surface area contributed by atoms with Crippen molar-refractivity contribution in [1.29, 1.82) is 0 Å². The number of hydrogen-bond acceptors (Lipinski definition) is 3. The summed E-state index contributed by atoms with van der Waals surface area (Å²) in [5.41, 5.74) is -0.642. The van der Waals surface area contributed by atoms with Crippen molar-refractivity contribution in [2.75, 3.05) is 0 Å². The summed E-state index contributed by atoms with van der Waals surface area (Å²) in [6, 6.07) is 1.42. The van der Waals surface area contributed by atoms with Crippen molar-refractivity contribution in [2.45, 2.75) is 0 Å². The molecule has 2 aromatic heterocycles. The minimum atomic E-state index is -0.556. The lowest BCUT2D eigenvalue weighted by molar-refractivity contribution is 1.08. The molecule has 0 aromatic carbocycles. The van der Waals surface area contributed by atoms with Crippen molar-refractivity contribution in [1.82, 2.24) is 15.0 Å². The van der Waals surface area contributed by atoms with E-state index < -0.39 is 11.2 Å². The minimum absolute atomic E-state index is 0.230. The third-order valence-corrected chi connectivity index (χ3v) is 1.80. The van der Waals surface area contributed by atoms with Crippen LogP contribution in [0.5, 0.6) is 0 Å². The molecule has 0 saturated heterocycles. The predicted octanol–water partition coefficient (Wildman–Crippen LogP) is 0.265. The van der Waals surface area contributed by atoms with Gasteiger partial charge < -0.3 is 4.98 Å². The van der Waals surface area contributed by atoms with E-state index in [1.165, 1.54) is 12.3 Å². The summed E-state index contributed by atoms with van der Waals surface area (Å²) in [4.78, 5) is 30.2. The van der Waals surface area contributed by atoms with Gasteiger partial charge in [0.15, 0.2) is 0 Å². The Bertz CT molecular complexity index is 572. The van der Waals surface area contributed by atoms with Crippen molar-refractivity contribution >= 4 is 22.5 Å². The van der Waals surface area contributed by atoms with E-state index in [1.54, 1.807) is 0 Å². The summed E-state index contributed by atoms with van der Waals surface area (Å²) in [6.45, 7) is 0. The molecule has 0 atom stereocenters. The fourth-order valence-electron chi connectivity index (χ4n) is 1.04. The number of aromatic nitrogens is 3. The largest absolute Gasteiger partial charge is 0.326 e. The summed E-state index contributed by atoms with van der Waals surface area (Å²) in [6.07, 6.45) is 1.31. The molecular weight excluding hydrogens is 194 g/mol. The molecule has 0 unspecified atom stereocenters. The number of rotatable bonds is 0. The molecule has 0 saturated carbocycles. The van der Waals surface area contributed by atoms with Crippen molar-refractivity contribution in [2.24, 2.45) is 0 Å². The smallest absolute Gasteiger partial charge is 0.307 e. The normalized spacial score (nSPS) is 10.5. The molecule has 0 aliphatic heterocycles. The first-order chi connectivity index (χ1) is 6.16. The first-order valence-electron chi connectivity index (χ1n) is 3.45. The molecule has 0 spiro atoms. The zero-order chi connectivity index (χ0) is 9.42. The van der Waals surface area contributed by atoms with Gasteiger partial charge in [0.1, 0.15) is 5.15 Å². The molecule has 0 aliphatic rings. The zero-order valence-corrected chi connectivity index (χ0v) is 7.05. The summed E-state index contributed by atoms with van der Waals surface area (Å²) in [7, 11) is 0. The van der Waals surface area contributed by atoms with Gasteiger partial charge in [-0.05, 0) is 6.07 Å². The molecule has 0 radical (unpaired) electrons. The van der Waals surface area contributed by atoms with Gasteiger partial charge in [0.2, 0.25) is 0 Å². The second-order valence-electron chi connectivity index (χ2n) is 2.46. The minimum Gasteiger partial charge on any atom is -0.307 e. The van der Waals surface area contributed by atoms with Crippen molar-refractivity contribution in [3.63, 3.8) is 0 Å². The standard InChI is InChI=1S/C7H4ClN3O2/c8-5-1-4-3(2-9-5)6(12)11-7(13)10-4/h1-2H,(H2,10,11,12,13). The van der Waals surface area contributed by atoms with Crippen LogP contribution in [0.2, 0.25) is 5.15 Å². The van der Waals surface area contributed by atoms with E-state index in [0.717, 1.165) is 0 Å². The molecule has 13 heavy (non-hydrogen) atoms. The van der Waals surface area contributed by atoms with Crippen LogP contribution in [0.1, 0.15) is 0 Å². The lowest BCUT2D eigenvalue weighted by Gasteiger charge is -1.94.